The van der Waals surface area contributed by atoms with Gasteiger partial charge < -0.3 is 9.47 Å². The number of benzene rings is 6. The second kappa shape index (κ2) is 33.8. The van der Waals surface area contributed by atoms with Crippen molar-refractivity contribution in [1.29, 1.82) is 0 Å². The number of ether oxygens (including phenoxy) is 2. The lowest BCUT2D eigenvalue weighted by Gasteiger charge is -2.39. The molecule has 89 heavy (non-hydrogen) atoms. The van der Waals surface area contributed by atoms with Crippen molar-refractivity contribution in [3.8, 4) is 11.5 Å². The van der Waals surface area contributed by atoms with Crippen LogP contribution in [0.3, 0.4) is 0 Å². The van der Waals surface area contributed by atoms with E-state index in [1.165, 1.54) is 218 Å². The summed E-state index contributed by atoms with van der Waals surface area (Å²) in [4.78, 5) is 15.8. The van der Waals surface area contributed by atoms with E-state index in [1.54, 1.807) is 66.2 Å². The Kier molecular flexibility index (Phi) is 25.5. The second-order valence-electron chi connectivity index (χ2n) is 26.8. The summed E-state index contributed by atoms with van der Waals surface area (Å²) in [5.74, 6) is 4.55. The summed E-state index contributed by atoms with van der Waals surface area (Å²) in [6, 6.07) is 54.4. The highest BCUT2D eigenvalue weighted by Crippen LogP contribution is 2.39. The van der Waals surface area contributed by atoms with E-state index in [1.807, 2.05) is 42.5 Å². The van der Waals surface area contributed by atoms with E-state index in [-0.39, 0.29) is 0 Å². The van der Waals surface area contributed by atoms with E-state index < -0.39 is 0 Å². The number of allylic oxidation sites excluding steroid dienone is 3. The molecule has 3 heterocycles. The minimum atomic E-state index is 0.793. The fourth-order valence-corrected chi connectivity index (χ4v) is 17.7. The molecule has 3 aliphatic carbocycles. The number of hydrogen-bond acceptors (Lipinski definition) is 8. The first-order valence-electron chi connectivity index (χ1n) is 34.0. The Morgan fingerprint density at radius 3 is 0.921 bits per heavy atom. The van der Waals surface area contributed by atoms with Gasteiger partial charge in [0.25, 0.3) is 0 Å². The van der Waals surface area contributed by atoms with E-state index in [4.69, 9.17) is 21.1 Å². The molecule has 3 aliphatic heterocycles. The van der Waals surface area contributed by atoms with Gasteiger partial charge in [0.15, 0.2) is 0 Å². The van der Waals surface area contributed by atoms with E-state index in [0.717, 1.165) is 52.4 Å². The maximum atomic E-state index is 6.11. The average Bonchev–Trinajstić information content (AvgIpc) is 3.66. The van der Waals surface area contributed by atoms with Gasteiger partial charge in [-0.1, -0.05) is 165 Å². The summed E-state index contributed by atoms with van der Waals surface area (Å²) in [5.41, 5.74) is 13.6. The zero-order chi connectivity index (χ0) is 62.1. The normalized spacial score (nSPS) is 22.9. The van der Waals surface area contributed by atoms with Crippen molar-refractivity contribution in [3.63, 3.8) is 0 Å². The summed E-state index contributed by atoms with van der Waals surface area (Å²) in [6.07, 6.45) is 24.4. The van der Waals surface area contributed by atoms with Crippen molar-refractivity contribution >= 4 is 63.6 Å². The minimum Gasteiger partial charge on any atom is -0.497 e. The molecule has 0 amide bonds. The van der Waals surface area contributed by atoms with Gasteiger partial charge in [-0.2, -0.15) is 0 Å². The van der Waals surface area contributed by atoms with Crippen molar-refractivity contribution in [3.05, 3.63) is 184 Å². The largest absolute Gasteiger partial charge is 0.497 e. The van der Waals surface area contributed by atoms with Crippen molar-refractivity contribution in [1.82, 2.24) is 14.7 Å². The Balaban J connectivity index is 0.000000147. The molecule has 6 aromatic rings. The number of nitrogens with zero attached hydrogens (tertiary/aromatic N) is 3. The fourth-order valence-electron chi connectivity index (χ4n) is 15.0. The number of methoxy groups -OCH3 is 2. The summed E-state index contributed by atoms with van der Waals surface area (Å²) >= 11 is 11.5. The molecule has 3 saturated carbocycles. The molecule has 0 aromatic heterocycles. The van der Waals surface area contributed by atoms with Crippen molar-refractivity contribution < 1.29 is 9.47 Å². The highest BCUT2D eigenvalue weighted by molar-refractivity contribution is 7.99. The summed E-state index contributed by atoms with van der Waals surface area (Å²) in [5, 5.41) is 0.793. The Morgan fingerprint density at radius 1 is 0.371 bits per heavy atom. The Morgan fingerprint density at radius 2 is 0.652 bits per heavy atom. The van der Waals surface area contributed by atoms with Gasteiger partial charge in [0.05, 0.1) is 14.2 Å². The van der Waals surface area contributed by atoms with Gasteiger partial charge in [-0.15, -0.1) is 0 Å². The number of piperidine rings is 3. The molecule has 0 bridgehead atoms. The number of halogens is 1. The summed E-state index contributed by atoms with van der Waals surface area (Å²) in [6.45, 7) is 21.7. The van der Waals surface area contributed by atoms with Crippen LogP contribution in [0.15, 0.2) is 192 Å². The Labute approximate surface area is 555 Å². The lowest BCUT2D eigenvalue weighted by atomic mass is 9.85. The molecule has 6 aromatic carbocycles. The third kappa shape index (κ3) is 19.7. The van der Waals surface area contributed by atoms with Crippen LogP contribution in [0, 0.1) is 17.8 Å². The molecule has 0 unspecified atom stereocenters. The lowest BCUT2D eigenvalue weighted by molar-refractivity contribution is 0.126. The van der Waals surface area contributed by atoms with E-state index in [9.17, 15) is 0 Å². The van der Waals surface area contributed by atoms with Gasteiger partial charge in [-0.3, -0.25) is 14.7 Å². The van der Waals surface area contributed by atoms with Crippen molar-refractivity contribution in [2.24, 2.45) is 17.8 Å². The van der Waals surface area contributed by atoms with Crippen LogP contribution in [0.25, 0.3) is 16.7 Å². The maximum absolute atomic E-state index is 6.11. The number of rotatable bonds is 14. The van der Waals surface area contributed by atoms with Gasteiger partial charge in [-0.25, -0.2) is 0 Å². The molecule has 0 spiro atoms. The highest BCUT2D eigenvalue weighted by Gasteiger charge is 2.30. The molecule has 6 atom stereocenters. The third-order valence-electron chi connectivity index (χ3n) is 20.6. The molecular weight excluding hydrogens is 1170 g/mol. The highest BCUT2D eigenvalue weighted by atomic mass is 35.5. The monoisotopic (exact) mass is 1270 g/mol. The van der Waals surface area contributed by atoms with Crippen molar-refractivity contribution in [2.45, 2.75) is 205 Å². The first-order chi connectivity index (χ1) is 43.3. The Bertz CT molecular complexity index is 3090. The van der Waals surface area contributed by atoms with Crippen molar-refractivity contribution in [2.75, 3.05) is 53.5 Å². The van der Waals surface area contributed by atoms with Gasteiger partial charge in [-0.05, 0) is 252 Å². The molecule has 474 valence electrons. The molecule has 0 radical (unpaired) electrons. The van der Waals surface area contributed by atoms with Crippen LogP contribution in [-0.4, -0.2) is 86.3 Å². The number of hydrogen-bond donors (Lipinski definition) is 0. The Hall–Kier alpha value is -4.64. The van der Waals surface area contributed by atoms with Gasteiger partial charge in [0.2, 0.25) is 0 Å². The van der Waals surface area contributed by atoms with Crippen LogP contribution in [-0.2, 0) is 0 Å². The van der Waals surface area contributed by atoms with E-state index >= 15 is 0 Å². The minimum absolute atomic E-state index is 0.793. The predicted octanol–water partition coefficient (Wildman–Crippen LogP) is 22.5. The van der Waals surface area contributed by atoms with Crippen LogP contribution in [0.1, 0.15) is 174 Å². The van der Waals surface area contributed by atoms with Gasteiger partial charge >= 0.3 is 0 Å². The molecular formula is C80H102ClN3O2S3. The third-order valence-corrected chi connectivity index (χ3v) is 23.8. The summed E-state index contributed by atoms with van der Waals surface area (Å²) < 4.78 is 10.5. The van der Waals surface area contributed by atoms with Gasteiger partial charge in [0.1, 0.15) is 11.5 Å². The zero-order valence-corrected chi connectivity index (χ0v) is 58.3. The second-order valence-corrected chi connectivity index (χ2v) is 30.6. The van der Waals surface area contributed by atoms with Crippen LogP contribution >= 0.6 is 46.9 Å². The van der Waals surface area contributed by atoms with E-state index in [2.05, 4.69) is 159 Å². The van der Waals surface area contributed by atoms with Gasteiger partial charge in [0, 0.05) is 91.8 Å². The molecule has 6 aliphatic rings. The summed E-state index contributed by atoms with van der Waals surface area (Å²) in [7, 11) is 3.41. The molecule has 9 heteroatoms. The predicted molar refractivity (Wildman–Crippen MR) is 384 cm³/mol. The van der Waals surface area contributed by atoms with Crippen LogP contribution in [0.4, 0.5) is 0 Å². The fraction of sp³-hybridized carbons (Fsp3) is 0.475. The number of likely N-dealkylation sites (tertiary alicyclic amines) is 3. The first-order valence-corrected chi connectivity index (χ1v) is 36.8. The molecule has 6 fully saturated rings. The smallest absolute Gasteiger partial charge is 0.118 e. The topological polar surface area (TPSA) is 28.2 Å². The SMILES string of the molecule is CC(=C1CCN([C@@H]2CCC[C@@H](C)C2)CC1)c1ccc(Sc2cccc(Cl)c2)cc1.COc1ccc(Sc2ccc(C(C)=C3CCN([C@@H]4CCC[C@@H](C)C4)CC3)cc2)cc1.COc1ccc(Sc2ccc(C(C)=C3CCN([C@H]4CCC[C@@H](C)C4)CC3)cc2)cc1. The van der Waals surface area contributed by atoms with Crippen LogP contribution in [0.5, 0.6) is 11.5 Å². The zero-order valence-electron chi connectivity index (χ0n) is 55.1. The van der Waals surface area contributed by atoms with E-state index in [0.29, 0.717) is 0 Å². The maximum Gasteiger partial charge on any atom is 0.118 e. The molecule has 0 N–H and O–H groups in total. The average molecular weight is 1270 g/mol. The molecule has 12 rings (SSSR count). The van der Waals surface area contributed by atoms with Crippen LogP contribution < -0.4 is 9.47 Å². The van der Waals surface area contributed by atoms with Crippen LogP contribution in [0.2, 0.25) is 5.02 Å². The lowest BCUT2D eigenvalue weighted by Crippen LogP contribution is -2.42. The quantitative estimate of drug-likeness (QED) is 0.107. The molecule has 3 saturated heterocycles. The standard InChI is InChI=1S/2C27H35NOS.C26H32ClNS/c2*1-20-5-4-6-24(19-20)28-17-15-23(16-18-28)21(2)22-7-11-26(12-8-22)30-27-13-9-25(29-3)10-14-27;1-19-5-3-7-24(17-19)28-15-13-22(14-16-28)20(2)21-9-11-25(12-10-21)29-26-8-4-6-23(27)18-26/h2*7-14,20,24H,4-6,15-19H2,1-3H3;4,6,8-12,18-19,24H,3,5,7,13-17H2,1-2H3/t20-,24+;20-,24-;19-,24-/m111/s1. The molecule has 5 nitrogen and oxygen atoms in total. The first kappa shape index (κ1) is 67.3.